The van der Waals surface area contributed by atoms with E-state index in [2.05, 4.69) is 11.8 Å². The lowest BCUT2D eigenvalue weighted by molar-refractivity contribution is 0.479. The summed E-state index contributed by atoms with van der Waals surface area (Å²) >= 11 is 0. The summed E-state index contributed by atoms with van der Waals surface area (Å²) in [7, 11) is 0. The van der Waals surface area contributed by atoms with E-state index in [0.29, 0.717) is 17.1 Å². The third kappa shape index (κ3) is 3.87. The van der Waals surface area contributed by atoms with Crippen molar-refractivity contribution in [2.45, 2.75) is 0 Å². The van der Waals surface area contributed by atoms with E-state index in [9.17, 15) is 4.79 Å². The van der Waals surface area contributed by atoms with Gasteiger partial charge < -0.3 is 4.74 Å². The van der Waals surface area contributed by atoms with E-state index in [1.165, 1.54) is 0 Å². The Morgan fingerprint density at radius 1 is 0.652 bits per heavy atom. The lowest BCUT2D eigenvalue weighted by Gasteiger charge is -2.07. The minimum Gasteiger partial charge on any atom is -0.457 e. The first-order chi connectivity index (χ1) is 11.3. The molecule has 23 heavy (non-hydrogen) atoms. The predicted molar refractivity (Wildman–Crippen MR) is 90.2 cm³/mol. The summed E-state index contributed by atoms with van der Waals surface area (Å²) < 4.78 is 5.71. The normalized spacial score (nSPS) is 9.57. The molecule has 3 aromatic carbocycles. The highest BCUT2D eigenvalue weighted by Crippen LogP contribution is 2.24. The fraction of sp³-hybridized carbons (Fsp3) is 0. The Balaban J connectivity index is 1.75. The van der Waals surface area contributed by atoms with Crippen molar-refractivity contribution in [3.8, 4) is 23.3 Å². The molecule has 109 valence electrons. The molecule has 0 aromatic heterocycles. The fourth-order valence-corrected chi connectivity index (χ4v) is 2.04. The summed E-state index contributed by atoms with van der Waals surface area (Å²) in [5.74, 6) is 7.36. The van der Waals surface area contributed by atoms with E-state index in [-0.39, 0.29) is 0 Å². The molecule has 0 saturated carbocycles. The van der Waals surface area contributed by atoms with Gasteiger partial charge in [-0.3, -0.25) is 4.79 Å². The van der Waals surface area contributed by atoms with Crippen molar-refractivity contribution in [1.29, 1.82) is 0 Å². The first kappa shape index (κ1) is 14.6. The van der Waals surface area contributed by atoms with E-state index in [4.69, 9.17) is 4.74 Å². The Labute approximate surface area is 135 Å². The molecule has 0 bridgehead atoms. The average Bonchev–Trinajstić information content (AvgIpc) is 2.62. The molecule has 0 saturated heterocycles. The second-order valence-corrected chi connectivity index (χ2v) is 4.84. The van der Waals surface area contributed by atoms with Crippen LogP contribution in [0.2, 0.25) is 0 Å². The molecule has 0 heterocycles. The number of hydrogen-bond donors (Lipinski definition) is 0. The molecule has 0 aliphatic heterocycles. The van der Waals surface area contributed by atoms with Gasteiger partial charge in [-0.15, -0.1) is 0 Å². The van der Waals surface area contributed by atoms with Crippen molar-refractivity contribution in [2.75, 3.05) is 0 Å². The maximum atomic E-state index is 10.9. The molecule has 0 amide bonds. The maximum absolute atomic E-state index is 10.9. The van der Waals surface area contributed by atoms with Gasteiger partial charge in [0.2, 0.25) is 6.29 Å². The van der Waals surface area contributed by atoms with Crippen LogP contribution in [0.3, 0.4) is 0 Å². The zero-order chi connectivity index (χ0) is 15.9. The lowest BCUT2D eigenvalue weighted by atomic mass is 10.2. The molecule has 2 nitrogen and oxygen atoms in total. The molecule has 1 radical (unpaired) electrons. The molecule has 0 N–H and O–H groups in total. The molecule has 3 aromatic rings. The van der Waals surface area contributed by atoms with Crippen LogP contribution < -0.4 is 4.74 Å². The zero-order valence-electron chi connectivity index (χ0n) is 12.3. The molecule has 3 rings (SSSR count). The van der Waals surface area contributed by atoms with E-state index >= 15 is 0 Å². The van der Waals surface area contributed by atoms with E-state index in [1.54, 1.807) is 18.2 Å². The van der Waals surface area contributed by atoms with Gasteiger partial charge in [0.1, 0.15) is 11.5 Å². The Kier molecular flexibility index (Phi) is 4.52. The largest absolute Gasteiger partial charge is 0.457 e. The molecule has 0 aliphatic carbocycles. The number of rotatable bonds is 3. The van der Waals surface area contributed by atoms with Gasteiger partial charge in [-0.1, -0.05) is 42.2 Å². The number of para-hydroxylation sites is 1. The smallest absolute Gasteiger partial charge is 0.237 e. The number of ether oxygens (including phenoxy) is 1. The van der Waals surface area contributed by atoms with Gasteiger partial charge in [0.25, 0.3) is 0 Å². The number of benzene rings is 3. The van der Waals surface area contributed by atoms with Crippen LogP contribution in [0.5, 0.6) is 11.5 Å². The van der Waals surface area contributed by atoms with E-state index in [1.807, 2.05) is 66.9 Å². The van der Waals surface area contributed by atoms with Crippen LogP contribution in [0.4, 0.5) is 0 Å². The van der Waals surface area contributed by atoms with Crippen molar-refractivity contribution >= 4 is 6.29 Å². The van der Waals surface area contributed by atoms with Crippen LogP contribution in [0.15, 0.2) is 78.9 Å². The highest BCUT2D eigenvalue weighted by Gasteiger charge is 2.03. The first-order valence-electron chi connectivity index (χ1n) is 7.17. The molecule has 0 aliphatic rings. The standard InChI is InChI=1S/C21H13O2/c22-16-19-8-4-5-9-21(19)23-20-14-12-18(13-15-20)11-10-17-6-2-1-3-7-17/h1-9,12-15H. The Morgan fingerprint density at radius 3 is 1.96 bits per heavy atom. The van der Waals surface area contributed by atoms with E-state index < -0.39 is 0 Å². The van der Waals surface area contributed by atoms with Gasteiger partial charge in [-0.25, -0.2) is 0 Å². The average molecular weight is 297 g/mol. The molecular formula is C21H13O2. The Hall–Kier alpha value is -3.31. The van der Waals surface area contributed by atoms with Gasteiger partial charge in [0, 0.05) is 11.1 Å². The van der Waals surface area contributed by atoms with Gasteiger partial charge in [0.05, 0.1) is 5.56 Å². The maximum Gasteiger partial charge on any atom is 0.237 e. The van der Waals surface area contributed by atoms with Crippen LogP contribution in [0.1, 0.15) is 16.7 Å². The van der Waals surface area contributed by atoms with Gasteiger partial charge >= 0.3 is 0 Å². The molecule has 0 fully saturated rings. The highest BCUT2D eigenvalue weighted by atomic mass is 16.5. The van der Waals surface area contributed by atoms with Crippen molar-refractivity contribution in [3.63, 3.8) is 0 Å². The topological polar surface area (TPSA) is 26.3 Å². The first-order valence-corrected chi connectivity index (χ1v) is 7.17. The van der Waals surface area contributed by atoms with Crippen LogP contribution in [0.25, 0.3) is 0 Å². The second kappa shape index (κ2) is 7.11. The molecule has 0 atom stereocenters. The summed E-state index contributed by atoms with van der Waals surface area (Å²) in [4.78, 5) is 10.9. The molecule has 0 spiro atoms. The summed E-state index contributed by atoms with van der Waals surface area (Å²) in [6, 6.07) is 24.3. The van der Waals surface area contributed by atoms with Crippen LogP contribution in [0, 0.1) is 11.8 Å². The van der Waals surface area contributed by atoms with Crippen LogP contribution in [-0.4, -0.2) is 6.29 Å². The van der Waals surface area contributed by atoms with Gasteiger partial charge in [0.15, 0.2) is 0 Å². The summed E-state index contributed by atoms with van der Waals surface area (Å²) in [6.07, 6.45) is 1.87. The molecule has 2 heteroatoms. The number of hydrogen-bond acceptors (Lipinski definition) is 2. The third-order valence-corrected chi connectivity index (χ3v) is 3.20. The highest BCUT2D eigenvalue weighted by molar-refractivity contribution is 5.79. The van der Waals surface area contributed by atoms with Gasteiger partial charge in [-0.2, -0.15) is 0 Å². The second-order valence-electron chi connectivity index (χ2n) is 4.84. The van der Waals surface area contributed by atoms with E-state index in [0.717, 1.165) is 11.1 Å². The molecule has 0 unspecified atom stereocenters. The minimum atomic E-state index is 0.403. The van der Waals surface area contributed by atoms with Crippen LogP contribution >= 0.6 is 0 Å². The van der Waals surface area contributed by atoms with Crippen molar-refractivity contribution in [3.05, 3.63) is 95.6 Å². The third-order valence-electron chi connectivity index (χ3n) is 3.20. The fourth-order valence-electron chi connectivity index (χ4n) is 2.04. The quantitative estimate of drug-likeness (QED) is 0.672. The summed E-state index contributed by atoms with van der Waals surface area (Å²) in [5, 5.41) is 0. The minimum absolute atomic E-state index is 0.403. The SMILES string of the molecule is O=[C]c1ccccc1Oc1ccc(C#Cc2ccccc2)cc1. The lowest BCUT2D eigenvalue weighted by Crippen LogP contribution is -1.90. The Bertz CT molecular complexity index is 854. The monoisotopic (exact) mass is 297 g/mol. The van der Waals surface area contributed by atoms with Crippen molar-refractivity contribution in [2.24, 2.45) is 0 Å². The van der Waals surface area contributed by atoms with Gasteiger partial charge in [-0.05, 0) is 48.5 Å². The summed E-state index contributed by atoms with van der Waals surface area (Å²) in [5.41, 5.74) is 2.28. The van der Waals surface area contributed by atoms with Crippen molar-refractivity contribution in [1.82, 2.24) is 0 Å². The summed E-state index contributed by atoms with van der Waals surface area (Å²) in [6.45, 7) is 0. The van der Waals surface area contributed by atoms with Crippen molar-refractivity contribution < 1.29 is 9.53 Å². The predicted octanol–water partition coefficient (Wildman–Crippen LogP) is 4.34. The zero-order valence-corrected chi connectivity index (χ0v) is 12.3. The Morgan fingerprint density at radius 2 is 1.26 bits per heavy atom. The van der Waals surface area contributed by atoms with Crippen LogP contribution in [-0.2, 0) is 4.79 Å². The molecular weight excluding hydrogens is 284 g/mol. The number of carbonyl (C=O) groups excluding carboxylic acids is 1.